The number of hydrogen-bond donors (Lipinski definition) is 0. The lowest BCUT2D eigenvalue weighted by Gasteiger charge is -2.36. The van der Waals surface area contributed by atoms with Crippen LogP contribution in [-0.4, -0.2) is 29.3 Å². The maximum Gasteiger partial charge on any atom is 0.156 e. The van der Waals surface area contributed by atoms with Gasteiger partial charge in [-0.3, -0.25) is 9.69 Å². The molecule has 0 N–H and O–H groups in total. The lowest BCUT2D eigenvalue weighted by Crippen LogP contribution is -2.50. The summed E-state index contributed by atoms with van der Waals surface area (Å²) < 4.78 is 0. The number of Topliss-reactive ketones (excluding diaryl/α,β-unsaturated/α-hetero) is 1. The van der Waals surface area contributed by atoms with Crippen molar-refractivity contribution >= 4 is 5.78 Å². The SMILES string of the molecule is C=C(CC)CC(=O)C(C)(C)N1CCCCCC1. The maximum absolute atomic E-state index is 12.3. The molecule has 0 aromatic carbocycles. The Morgan fingerprint density at radius 1 is 1.18 bits per heavy atom. The Hall–Kier alpha value is -0.630. The zero-order valence-corrected chi connectivity index (χ0v) is 11.7. The van der Waals surface area contributed by atoms with Gasteiger partial charge in [0, 0.05) is 6.42 Å². The van der Waals surface area contributed by atoms with Gasteiger partial charge in [0.2, 0.25) is 0 Å². The summed E-state index contributed by atoms with van der Waals surface area (Å²) >= 11 is 0. The Morgan fingerprint density at radius 2 is 1.71 bits per heavy atom. The first-order chi connectivity index (χ1) is 7.98. The standard InChI is InChI=1S/C15H27NO/c1-5-13(2)12-14(17)15(3,4)16-10-8-6-7-9-11-16/h2,5-12H2,1,3-4H3. The van der Waals surface area contributed by atoms with Crippen molar-refractivity contribution in [1.82, 2.24) is 4.90 Å². The van der Waals surface area contributed by atoms with E-state index in [9.17, 15) is 4.79 Å². The molecule has 0 amide bonds. The highest BCUT2D eigenvalue weighted by Gasteiger charge is 2.33. The van der Waals surface area contributed by atoms with Crippen LogP contribution in [0.3, 0.4) is 0 Å². The van der Waals surface area contributed by atoms with Crippen molar-refractivity contribution in [2.45, 2.75) is 64.8 Å². The Balaban J connectivity index is 2.63. The third kappa shape index (κ3) is 3.95. The number of likely N-dealkylation sites (tertiary alicyclic amines) is 1. The Morgan fingerprint density at radius 3 is 2.18 bits per heavy atom. The van der Waals surface area contributed by atoms with Crippen LogP contribution in [-0.2, 0) is 4.79 Å². The van der Waals surface area contributed by atoms with Crippen LogP contribution < -0.4 is 0 Å². The van der Waals surface area contributed by atoms with Crippen molar-refractivity contribution in [3.05, 3.63) is 12.2 Å². The summed E-state index contributed by atoms with van der Waals surface area (Å²) in [6, 6.07) is 0. The van der Waals surface area contributed by atoms with Gasteiger partial charge in [-0.05, 0) is 46.2 Å². The maximum atomic E-state index is 12.3. The number of carbonyl (C=O) groups is 1. The molecule has 1 aliphatic heterocycles. The molecule has 1 heterocycles. The first-order valence-corrected chi connectivity index (χ1v) is 6.93. The summed E-state index contributed by atoms with van der Waals surface area (Å²) in [4.78, 5) is 14.7. The summed E-state index contributed by atoms with van der Waals surface area (Å²) in [6.45, 7) is 12.3. The molecule has 98 valence electrons. The number of nitrogens with zero attached hydrogens (tertiary/aromatic N) is 1. The molecule has 17 heavy (non-hydrogen) atoms. The minimum Gasteiger partial charge on any atom is -0.297 e. The van der Waals surface area contributed by atoms with Crippen molar-refractivity contribution in [2.24, 2.45) is 0 Å². The normalized spacial score (nSPS) is 18.8. The molecule has 1 aliphatic rings. The van der Waals surface area contributed by atoms with Gasteiger partial charge in [-0.25, -0.2) is 0 Å². The number of allylic oxidation sites excluding steroid dienone is 1. The van der Waals surface area contributed by atoms with E-state index in [2.05, 4.69) is 32.3 Å². The molecule has 0 bridgehead atoms. The largest absolute Gasteiger partial charge is 0.297 e. The fourth-order valence-corrected chi connectivity index (χ4v) is 2.37. The second-order valence-electron chi connectivity index (χ2n) is 5.66. The van der Waals surface area contributed by atoms with Gasteiger partial charge in [-0.1, -0.05) is 31.9 Å². The topological polar surface area (TPSA) is 20.3 Å². The Kier molecular flexibility index (Phi) is 5.38. The minimum absolute atomic E-state index is 0.317. The third-order valence-corrected chi connectivity index (χ3v) is 3.99. The van der Waals surface area contributed by atoms with Crippen LogP contribution in [0.1, 0.15) is 59.3 Å². The van der Waals surface area contributed by atoms with Crippen LogP contribution >= 0.6 is 0 Å². The summed E-state index contributed by atoms with van der Waals surface area (Å²) in [5.74, 6) is 0.325. The van der Waals surface area contributed by atoms with Gasteiger partial charge < -0.3 is 0 Å². The van der Waals surface area contributed by atoms with E-state index >= 15 is 0 Å². The molecule has 1 fully saturated rings. The average Bonchev–Trinajstić information content (AvgIpc) is 2.57. The van der Waals surface area contributed by atoms with Crippen LogP contribution in [0.25, 0.3) is 0 Å². The molecular formula is C15H27NO. The molecule has 0 aromatic heterocycles. The third-order valence-electron chi connectivity index (χ3n) is 3.99. The Bertz CT molecular complexity index is 273. The molecule has 0 aliphatic carbocycles. The van der Waals surface area contributed by atoms with Crippen molar-refractivity contribution in [2.75, 3.05) is 13.1 Å². The van der Waals surface area contributed by atoms with Gasteiger partial charge in [0.05, 0.1) is 5.54 Å². The molecule has 1 rings (SSSR count). The molecule has 0 atom stereocenters. The predicted molar refractivity (Wildman–Crippen MR) is 73.2 cm³/mol. The van der Waals surface area contributed by atoms with Gasteiger partial charge in [0.1, 0.15) is 0 Å². The summed E-state index contributed by atoms with van der Waals surface area (Å²) in [5, 5.41) is 0. The molecular weight excluding hydrogens is 210 g/mol. The number of ketones is 1. The lowest BCUT2D eigenvalue weighted by atomic mass is 9.91. The summed E-state index contributed by atoms with van der Waals surface area (Å²) in [5.41, 5.74) is 0.737. The zero-order chi connectivity index (χ0) is 12.9. The summed E-state index contributed by atoms with van der Waals surface area (Å²) in [6.07, 6.45) is 6.52. The van der Waals surface area contributed by atoms with Crippen LogP contribution in [0, 0.1) is 0 Å². The van der Waals surface area contributed by atoms with Crippen LogP contribution in [0.2, 0.25) is 0 Å². The van der Waals surface area contributed by atoms with E-state index in [1.165, 1.54) is 25.7 Å². The number of carbonyl (C=O) groups excluding carboxylic acids is 1. The fraction of sp³-hybridized carbons (Fsp3) is 0.800. The predicted octanol–water partition coefficient (Wildman–Crippen LogP) is 3.57. The highest BCUT2D eigenvalue weighted by Crippen LogP contribution is 2.23. The van der Waals surface area contributed by atoms with Gasteiger partial charge in [-0.15, -0.1) is 0 Å². The number of rotatable bonds is 5. The molecule has 0 spiro atoms. The van der Waals surface area contributed by atoms with Gasteiger partial charge >= 0.3 is 0 Å². The average molecular weight is 237 g/mol. The summed E-state index contributed by atoms with van der Waals surface area (Å²) in [7, 11) is 0. The van der Waals surface area contributed by atoms with E-state index in [1.807, 2.05) is 0 Å². The highest BCUT2D eigenvalue weighted by atomic mass is 16.1. The van der Waals surface area contributed by atoms with E-state index in [1.54, 1.807) is 0 Å². The fourth-order valence-electron chi connectivity index (χ4n) is 2.37. The molecule has 0 aromatic rings. The monoisotopic (exact) mass is 237 g/mol. The molecule has 0 radical (unpaired) electrons. The first kappa shape index (κ1) is 14.4. The molecule has 2 heteroatoms. The minimum atomic E-state index is -0.317. The van der Waals surface area contributed by atoms with Crippen LogP contribution in [0.4, 0.5) is 0 Å². The molecule has 0 unspecified atom stereocenters. The van der Waals surface area contributed by atoms with Crippen molar-refractivity contribution in [3.8, 4) is 0 Å². The first-order valence-electron chi connectivity index (χ1n) is 6.93. The lowest BCUT2D eigenvalue weighted by molar-refractivity contribution is -0.128. The quantitative estimate of drug-likeness (QED) is 0.681. The molecule has 1 saturated heterocycles. The van der Waals surface area contributed by atoms with E-state index in [0.717, 1.165) is 25.1 Å². The van der Waals surface area contributed by atoms with Crippen LogP contribution in [0.5, 0.6) is 0 Å². The van der Waals surface area contributed by atoms with Crippen molar-refractivity contribution in [3.63, 3.8) is 0 Å². The van der Waals surface area contributed by atoms with E-state index < -0.39 is 0 Å². The smallest absolute Gasteiger partial charge is 0.156 e. The second-order valence-corrected chi connectivity index (χ2v) is 5.66. The second kappa shape index (κ2) is 6.34. The van der Waals surface area contributed by atoms with Crippen molar-refractivity contribution < 1.29 is 4.79 Å². The molecule has 0 saturated carbocycles. The number of hydrogen-bond acceptors (Lipinski definition) is 2. The zero-order valence-electron chi connectivity index (χ0n) is 11.7. The van der Waals surface area contributed by atoms with Gasteiger partial charge in [-0.2, -0.15) is 0 Å². The molecule has 2 nitrogen and oxygen atoms in total. The van der Waals surface area contributed by atoms with Crippen LogP contribution in [0.15, 0.2) is 12.2 Å². The van der Waals surface area contributed by atoms with E-state index in [4.69, 9.17) is 0 Å². The van der Waals surface area contributed by atoms with E-state index in [0.29, 0.717) is 12.2 Å². The van der Waals surface area contributed by atoms with Gasteiger partial charge in [0.15, 0.2) is 5.78 Å². The Labute approximate surface area is 106 Å². The van der Waals surface area contributed by atoms with E-state index in [-0.39, 0.29) is 5.54 Å². The van der Waals surface area contributed by atoms with Crippen molar-refractivity contribution in [1.29, 1.82) is 0 Å². The van der Waals surface area contributed by atoms with Gasteiger partial charge in [0.25, 0.3) is 0 Å². The highest BCUT2D eigenvalue weighted by molar-refractivity contribution is 5.89.